The van der Waals surface area contributed by atoms with E-state index in [1.54, 1.807) is 34.3 Å². The molecule has 0 spiro atoms. The number of carbonyl (C=O) groups is 3. The first-order valence-corrected chi connectivity index (χ1v) is 13.0. The third kappa shape index (κ3) is 6.53. The van der Waals surface area contributed by atoms with E-state index in [-0.39, 0.29) is 29.8 Å². The van der Waals surface area contributed by atoms with Crippen LogP contribution < -0.4 is 15.5 Å². The Morgan fingerprint density at radius 2 is 1.89 bits per heavy atom. The van der Waals surface area contributed by atoms with Crippen LogP contribution in [0.5, 0.6) is 0 Å². The van der Waals surface area contributed by atoms with E-state index >= 15 is 0 Å². The predicted octanol–water partition coefficient (Wildman–Crippen LogP) is 2.18. The van der Waals surface area contributed by atoms with Gasteiger partial charge in [0.25, 0.3) is 0 Å². The summed E-state index contributed by atoms with van der Waals surface area (Å²) < 4.78 is 5.32. The Labute approximate surface area is 218 Å². The van der Waals surface area contributed by atoms with Gasteiger partial charge >= 0.3 is 0 Å². The molecule has 198 valence electrons. The lowest BCUT2D eigenvalue weighted by molar-refractivity contribution is -0.136. The Morgan fingerprint density at radius 1 is 1.16 bits per heavy atom. The summed E-state index contributed by atoms with van der Waals surface area (Å²) in [6, 6.07) is 9.94. The second-order valence-corrected chi connectivity index (χ2v) is 10.6. The standard InChI is InChI=1S/C28H37N5O4/c1-28(2,3)21-8-10-22(11-9-21)33(27(36)23-7-5-13-30-23)25(20-6-4-12-29-18-20)26(35)31-19-24(34)32-14-16-37-17-15-32/h4,6,8-12,18,23,25,30H,5,7,13-17,19H2,1-3H3,(H,31,35)/t23-,25?/m1/s1. The highest BCUT2D eigenvalue weighted by Crippen LogP contribution is 2.32. The van der Waals surface area contributed by atoms with Crippen molar-refractivity contribution in [2.24, 2.45) is 0 Å². The predicted molar refractivity (Wildman–Crippen MR) is 141 cm³/mol. The van der Waals surface area contributed by atoms with E-state index in [9.17, 15) is 14.4 Å². The molecule has 2 atom stereocenters. The van der Waals surface area contributed by atoms with Crippen molar-refractivity contribution in [2.45, 2.75) is 51.1 Å². The van der Waals surface area contributed by atoms with E-state index in [0.717, 1.165) is 18.5 Å². The van der Waals surface area contributed by atoms with Crippen LogP contribution in [0.25, 0.3) is 0 Å². The zero-order chi connectivity index (χ0) is 26.4. The SMILES string of the molecule is CC(C)(C)c1ccc(N(C(=O)[C@H]2CCCN2)C(C(=O)NCC(=O)N2CCOCC2)c2cccnc2)cc1. The van der Waals surface area contributed by atoms with Crippen LogP contribution in [0.4, 0.5) is 5.69 Å². The van der Waals surface area contributed by atoms with E-state index in [4.69, 9.17) is 4.74 Å². The molecule has 0 aliphatic carbocycles. The quantitative estimate of drug-likeness (QED) is 0.596. The minimum absolute atomic E-state index is 0.0552. The molecule has 9 heteroatoms. The van der Waals surface area contributed by atoms with Crippen LogP contribution in [-0.2, 0) is 24.5 Å². The van der Waals surface area contributed by atoms with Crippen molar-refractivity contribution < 1.29 is 19.1 Å². The summed E-state index contributed by atoms with van der Waals surface area (Å²) in [6.45, 7) is 8.96. The number of ether oxygens (including phenoxy) is 1. The monoisotopic (exact) mass is 507 g/mol. The van der Waals surface area contributed by atoms with Crippen molar-refractivity contribution in [3.8, 4) is 0 Å². The van der Waals surface area contributed by atoms with Gasteiger partial charge in [0.1, 0.15) is 6.04 Å². The van der Waals surface area contributed by atoms with Crippen LogP contribution in [-0.4, -0.2) is 73.0 Å². The molecule has 0 radical (unpaired) electrons. The highest BCUT2D eigenvalue weighted by Gasteiger charge is 2.37. The molecule has 2 fully saturated rings. The lowest BCUT2D eigenvalue weighted by Gasteiger charge is -2.34. The number of morpholine rings is 1. The topological polar surface area (TPSA) is 104 Å². The summed E-state index contributed by atoms with van der Waals surface area (Å²) >= 11 is 0. The van der Waals surface area contributed by atoms with Gasteiger partial charge in [0.15, 0.2) is 0 Å². The van der Waals surface area contributed by atoms with Crippen LogP contribution in [0.3, 0.4) is 0 Å². The third-order valence-corrected chi connectivity index (χ3v) is 6.89. The van der Waals surface area contributed by atoms with Crippen LogP contribution in [0.1, 0.15) is 50.8 Å². The molecule has 37 heavy (non-hydrogen) atoms. The first-order valence-electron chi connectivity index (χ1n) is 13.0. The highest BCUT2D eigenvalue weighted by atomic mass is 16.5. The van der Waals surface area contributed by atoms with E-state index < -0.39 is 11.9 Å². The Morgan fingerprint density at radius 3 is 2.49 bits per heavy atom. The summed E-state index contributed by atoms with van der Waals surface area (Å²) in [7, 11) is 0. The zero-order valence-corrected chi connectivity index (χ0v) is 21.9. The molecule has 1 aromatic carbocycles. The summed E-state index contributed by atoms with van der Waals surface area (Å²) in [5.41, 5.74) is 2.27. The van der Waals surface area contributed by atoms with Crippen molar-refractivity contribution >= 4 is 23.4 Å². The van der Waals surface area contributed by atoms with Gasteiger partial charge in [-0.15, -0.1) is 0 Å². The third-order valence-electron chi connectivity index (χ3n) is 6.89. The summed E-state index contributed by atoms with van der Waals surface area (Å²) in [6.07, 6.45) is 4.82. The van der Waals surface area contributed by atoms with Gasteiger partial charge in [0, 0.05) is 36.7 Å². The maximum Gasteiger partial charge on any atom is 0.248 e. The van der Waals surface area contributed by atoms with Gasteiger partial charge in [0.05, 0.1) is 25.8 Å². The number of aromatic nitrogens is 1. The number of benzene rings is 1. The van der Waals surface area contributed by atoms with Crippen molar-refractivity contribution in [1.82, 2.24) is 20.5 Å². The number of amides is 3. The van der Waals surface area contributed by atoms with Crippen molar-refractivity contribution in [2.75, 3.05) is 44.3 Å². The minimum atomic E-state index is -0.985. The van der Waals surface area contributed by atoms with Gasteiger partial charge < -0.3 is 20.3 Å². The van der Waals surface area contributed by atoms with Gasteiger partial charge in [-0.3, -0.25) is 24.3 Å². The number of anilines is 1. The molecule has 0 bridgehead atoms. The molecular formula is C28H37N5O4. The molecule has 9 nitrogen and oxygen atoms in total. The van der Waals surface area contributed by atoms with E-state index in [1.165, 1.54) is 0 Å². The highest BCUT2D eigenvalue weighted by molar-refractivity contribution is 6.04. The molecule has 2 aromatic rings. The molecular weight excluding hydrogens is 470 g/mol. The Balaban J connectivity index is 1.66. The lowest BCUT2D eigenvalue weighted by atomic mass is 9.87. The minimum Gasteiger partial charge on any atom is -0.378 e. The van der Waals surface area contributed by atoms with Gasteiger partial charge in [-0.1, -0.05) is 39.0 Å². The Kier molecular flexibility index (Phi) is 8.56. The molecule has 2 aliphatic heterocycles. The molecule has 2 saturated heterocycles. The number of hydrogen-bond acceptors (Lipinski definition) is 6. The van der Waals surface area contributed by atoms with Crippen LogP contribution >= 0.6 is 0 Å². The van der Waals surface area contributed by atoms with Crippen LogP contribution in [0.15, 0.2) is 48.8 Å². The number of rotatable bonds is 7. The first-order chi connectivity index (χ1) is 17.8. The van der Waals surface area contributed by atoms with Gasteiger partial charge in [-0.05, 0) is 48.6 Å². The molecule has 1 unspecified atom stereocenters. The molecule has 4 rings (SSSR count). The molecule has 3 amide bonds. The molecule has 0 saturated carbocycles. The second kappa shape index (κ2) is 11.8. The fourth-order valence-electron chi connectivity index (χ4n) is 4.73. The fourth-order valence-corrected chi connectivity index (χ4v) is 4.73. The lowest BCUT2D eigenvalue weighted by Crippen LogP contribution is -2.51. The first kappa shape index (κ1) is 26.8. The van der Waals surface area contributed by atoms with E-state index in [0.29, 0.717) is 44.0 Å². The van der Waals surface area contributed by atoms with Crippen molar-refractivity contribution in [3.05, 3.63) is 59.9 Å². The maximum absolute atomic E-state index is 13.9. The molecule has 2 aliphatic rings. The second-order valence-electron chi connectivity index (χ2n) is 10.6. The average molecular weight is 508 g/mol. The fraction of sp³-hybridized carbons (Fsp3) is 0.500. The Bertz CT molecular complexity index is 1070. The number of nitrogens with zero attached hydrogens (tertiary/aromatic N) is 3. The van der Waals surface area contributed by atoms with Crippen LogP contribution in [0.2, 0.25) is 0 Å². The Hall–Kier alpha value is -3.30. The zero-order valence-electron chi connectivity index (χ0n) is 21.9. The normalized spacial score (nSPS) is 18.8. The van der Waals surface area contributed by atoms with E-state index in [1.807, 2.05) is 24.3 Å². The van der Waals surface area contributed by atoms with Gasteiger partial charge in [0.2, 0.25) is 17.7 Å². The number of pyridine rings is 1. The largest absolute Gasteiger partial charge is 0.378 e. The molecule has 3 heterocycles. The maximum atomic E-state index is 13.9. The molecule has 1 aromatic heterocycles. The van der Waals surface area contributed by atoms with Crippen molar-refractivity contribution in [1.29, 1.82) is 0 Å². The van der Waals surface area contributed by atoms with Gasteiger partial charge in [-0.2, -0.15) is 0 Å². The van der Waals surface area contributed by atoms with Crippen LogP contribution in [0, 0.1) is 0 Å². The number of nitrogens with one attached hydrogen (secondary N) is 2. The van der Waals surface area contributed by atoms with Crippen molar-refractivity contribution in [3.63, 3.8) is 0 Å². The van der Waals surface area contributed by atoms with E-state index in [2.05, 4.69) is 36.4 Å². The smallest absolute Gasteiger partial charge is 0.248 e. The van der Waals surface area contributed by atoms with Gasteiger partial charge in [-0.25, -0.2) is 0 Å². The average Bonchev–Trinajstić information content (AvgIpc) is 3.46. The number of hydrogen-bond donors (Lipinski definition) is 2. The summed E-state index contributed by atoms with van der Waals surface area (Å²) in [4.78, 5) is 47.8. The summed E-state index contributed by atoms with van der Waals surface area (Å²) in [5, 5.41) is 6.07. The molecule has 2 N–H and O–H groups in total. The summed E-state index contributed by atoms with van der Waals surface area (Å²) in [5.74, 6) is -0.781. The number of carbonyl (C=O) groups excluding carboxylic acids is 3.